The maximum absolute atomic E-state index is 12.2. The lowest BCUT2D eigenvalue weighted by atomic mass is 10.1. The van der Waals surface area contributed by atoms with Gasteiger partial charge in [0.05, 0.1) is 10.6 Å². The third-order valence-corrected chi connectivity index (χ3v) is 3.18. The Morgan fingerprint density at radius 2 is 2.00 bits per heavy atom. The SMILES string of the molecule is O=C(Nc1cccc(-c2nnco2)c1)c1ccccc1Cl. The number of halogens is 1. The normalized spacial score (nSPS) is 10.3. The maximum atomic E-state index is 12.2. The average Bonchev–Trinajstić information content (AvgIpc) is 3.02. The second-order valence-corrected chi connectivity index (χ2v) is 4.67. The third-order valence-electron chi connectivity index (χ3n) is 2.85. The van der Waals surface area contributed by atoms with Crippen LogP contribution < -0.4 is 5.32 Å². The van der Waals surface area contributed by atoms with E-state index < -0.39 is 0 Å². The van der Waals surface area contributed by atoms with Gasteiger partial charge in [-0.15, -0.1) is 10.2 Å². The summed E-state index contributed by atoms with van der Waals surface area (Å²) in [5.41, 5.74) is 1.77. The highest BCUT2D eigenvalue weighted by atomic mass is 35.5. The predicted octanol–water partition coefficient (Wildman–Crippen LogP) is 3.64. The molecule has 3 rings (SSSR count). The molecule has 0 bridgehead atoms. The molecule has 1 heterocycles. The van der Waals surface area contributed by atoms with Gasteiger partial charge >= 0.3 is 0 Å². The number of hydrogen-bond acceptors (Lipinski definition) is 4. The fourth-order valence-corrected chi connectivity index (χ4v) is 2.09. The fraction of sp³-hybridized carbons (Fsp3) is 0. The zero-order chi connectivity index (χ0) is 14.7. The van der Waals surface area contributed by atoms with E-state index in [9.17, 15) is 4.79 Å². The summed E-state index contributed by atoms with van der Waals surface area (Å²) in [5.74, 6) is 0.118. The highest BCUT2D eigenvalue weighted by Crippen LogP contribution is 2.22. The summed E-state index contributed by atoms with van der Waals surface area (Å²) in [4.78, 5) is 12.2. The molecule has 0 aliphatic heterocycles. The van der Waals surface area contributed by atoms with E-state index in [1.807, 2.05) is 6.07 Å². The highest BCUT2D eigenvalue weighted by Gasteiger charge is 2.11. The molecule has 5 nitrogen and oxygen atoms in total. The van der Waals surface area contributed by atoms with Gasteiger partial charge in [-0.05, 0) is 30.3 Å². The first-order valence-corrected chi connectivity index (χ1v) is 6.54. The van der Waals surface area contributed by atoms with Crippen LogP contribution in [0.4, 0.5) is 5.69 Å². The molecule has 0 unspecified atom stereocenters. The van der Waals surface area contributed by atoms with Gasteiger partial charge in [-0.25, -0.2) is 0 Å². The van der Waals surface area contributed by atoms with Crippen LogP contribution in [0.3, 0.4) is 0 Å². The van der Waals surface area contributed by atoms with Crippen molar-refractivity contribution < 1.29 is 9.21 Å². The van der Waals surface area contributed by atoms with Crippen molar-refractivity contribution in [2.24, 2.45) is 0 Å². The summed E-state index contributed by atoms with van der Waals surface area (Å²) in [7, 11) is 0. The highest BCUT2D eigenvalue weighted by molar-refractivity contribution is 6.34. The number of carbonyl (C=O) groups excluding carboxylic acids is 1. The summed E-state index contributed by atoms with van der Waals surface area (Å²) >= 11 is 6.00. The van der Waals surface area contributed by atoms with Crippen LogP contribution in [0.2, 0.25) is 5.02 Å². The molecule has 0 radical (unpaired) electrons. The minimum atomic E-state index is -0.275. The molecule has 0 saturated heterocycles. The zero-order valence-corrected chi connectivity index (χ0v) is 11.5. The van der Waals surface area contributed by atoms with Gasteiger partial charge in [0.1, 0.15) is 0 Å². The molecular formula is C15H10ClN3O2. The van der Waals surface area contributed by atoms with Gasteiger partial charge in [0, 0.05) is 11.3 Å². The number of hydrogen-bond donors (Lipinski definition) is 1. The van der Waals surface area contributed by atoms with Crippen LogP contribution >= 0.6 is 11.6 Å². The quantitative estimate of drug-likeness (QED) is 0.801. The molecule has 3 aromatic rings. The van der Waals surface area contributed by atoms with Crippen molar-refractivity contribution in [3.63, 3.8) is 0 Å². The summed E-state index contributed by atoms with van der Waals surface area (Å²) in [6, 6.07) is 14.0. The smallest absolute Gasteiger partial charge is 0.257 e. The van der Waals surface area contributed by atoms with Crippen LogP contribution in [0.1, 0.15) is 10.4 Å². The van der Waals surface area contributed by atoms with Gasteiger partial charge in [-0.2, -0.15) is 0 Å². The van der Waals surface area contributed by atoms with Crippen LogP contribution in [0, 0.1) is 0 Å². The van der Waals surface area contributed by atoms with Crippen molar-refractivity contribution in [3.8, 4) is 11.5 Å². The number of nitrogens with one attached hydrogen (secondary N) is 1. The number of amides is 1. The standard InChI is InChI=1S/C15H10ClN3O2/c16-13-7-2-1-6-12(13)14(20)18-11-5-3-4-10(8-11)15-19-17-9-21-15/h1-9H,(H,18,20). The van der Waals surface area contributed by atoms with E-state index in [1.54, 1.807) is 42.5 Å². The van der Waals surface area contributed by atoms with Crippen LogP contribution in [0.25, 0.3) is 11.5 Å². The summed E-state index contributed by atoms with van der Waals surface area (Å²) in [6.07, 6.45) is 1.25. The van der Waals surface area contributed by atoms with Crippen LogP contribution in [0.15, 0.2) is 59.3 Å². The van der Waals surface area contributed by atoms with E-state index in [2.05, 4.69) is 15.5 Å². The number of aromatic nitrogens is 2. The lowest BCUT2D eigenvalue weighted by Crippen LogP contribution is -2.12. The van der Waals surface area contributed by atoms with E-state index in [0.717, 1.165) is 5.56 Å². The van der Waals surface area contributed by atoms with Crippen molar-refractivity contribution in [3.05, 3.63) is 65.5 Å². The Hall–Kier alpha value is -2.66. The lowest BCUT2D eigenvalue weighted by Gasteiger charge is -2.07. The molecule has 0 aliphatic rings. The molecule has 0 saturated carbocycles. The van der Waals surface area contributed by atoms with E-state index in [-0.39, 0.29) is 5.91 Å². The van der Waals surface area contributed by atoms with Gasteiger partial charge in [0.2, 0.25) is 12.3 Å². The Morgan fingerprint density at radius 3 is 2.76 bits per heavy atom. The van der Waals surface area contributed by atoms with Crippen LogP contribution in [-0.2, 0) is 0 Å². The molecule has 6 heteroatoms. The third kappa shape index (κ3) is 2.93. The van der Waals surface area contributed by atoms with Gasteiger partial charge in [-0.1, -0.05) is 29.8 Å². The number of nitrogens with zero attached hydrogens (tertiary/aromatic N) is 2. The average molecular weight is 300 g/mol. The van der Waals surface area contributed by atoms with Crippen molar-refractivity contribution in [2.45, 2.75) is 0 Å². The molecule has 104 valence electrons. The van der Waals surface area contributed by atoms with Gasteiger partial charge in [-0.3, -0.25) is 4.79 Å². The number of benzene rings is 2. The number of carbonyl (C=O) groups is 1. The molecule has 0 aliphatic carbocycles. The van der Waals surface area contributed by atoms with Crippen LogP contribution in [0.5, 0.6) is 0 Å². The molecule has 1 amide bonds. The monoisotopic (exact) mass is 299 g/mol. The molecule has 1 aromatic heterocycles. The Labute approximate surface area is 125 Å². The van der Waals surface area contributed by atoms with Crippen LogP contribution in [-0.4, -0.2) is 16.1 Å². The molecule has 0 spiro atoms. The Bertz CT molecular complexity index is 772. The predicted molar refractivity (Wildman–Crippen MR) is 79.1 cm³/mol. The van der Waals surface area contributed by atoms with Crippen molar-refractivity contribution in [2.75, 3.05) is 5.32 Å². The first-order chi connectivity index (χ1) is 10.2. The van der Waals surface area contributed by atoms with E-state index >= 15 is 0 Å². The van der Waals surface area contributed by atoms with Crippen molar-refractivity contribution in [1.29, 1.82) is 0 Å². The Balaban J connectivity index is 1.84. The number of anilines is 1. The lowest BCUT2D eigenvalue weighted by molar-refractivity contribution is 0.102. The minimum absolute atomic E-state index is 0.275. The molecule has 1 N–H and O–H groups in total. The minimum Gasteiger partial charge on any atom is -0.423 e. The molecule has 0 fully saturated rings. The number of rotatable bonds is 3. The summed E-state index contributed by atoms with van der Waals surface area (Å²) in [5, 5.41) is 10.6. The first-order valence-electron chi connectivity index (χ1n) is 6.16. The van der Waals surface area contributed by atoms with Gasteiger partial charge in [0.25, 0.3) is 5.91 Å². The molecule has 0 atom stereocenters. The fourth-order valence-electron chi connectivity index (χ4n) is 1.87. The van der Waals surface area contributed by atoms with E-state index in [0.29, 0.717) is 22.2 Å². The Morgan fingerprint density at radius 1 is 1.14 bits per heavy atom. The molecule has 2 aromatic carbocycles. The van der Waals surface area contributed by atoms with Gasteiger partial charge < -0.3 is 9.73 Å². The Kier molecular flexibility index (Phi) is 3.66. The van der Waals surface area contributed by atoms with E-state index in [1.165, 1.54) is 6.39 Å². The van der Waals surface area contributed by atoms with Crippen molar-refractivity contribution >= 4 is 23.2 Å². The summed E-state index contributed by atoms with van der Waals surface area (Å²) < 4.78 is 5.13. The zero-order valence-electron chi connectivity index (χ0n) is 10.8. The largest absolute Gasteiger partial charge is 0.423 e. The second-order valence-electron chi connectivity index (χ2n) is 4.26. The van der Waals surface area contributed by atoms with E-state index in [4.69, 9.17) is 16.0 Å². The van der Waals surface area contributed by atoms with Crippen molar-refractivity contribution in [1.82, 2.24) is 10.2 Å². The molecule has 21 heavy (non-hydrogen) atoms. The molecular weight excluding hydrogens is 290 g/mol. The summed E-state index contributed by atoms with van der Waals surface area (Å²) in [6.45, 7) is 0. The topological polar surface area (TPSA) is 68.0 Å². The maximum Gasteiger partial charge on any atom is 0.257 e. The second kappa shape index (κ2) is 5.76. The van der Waals surface area contributed by atoms with Gasteiger partial charge in [0.15, 0.2) is 0 Å². The first kappa shape index (κ1) is 13.3.